The van der Waals surface area contributed by atoms with Crippen LogP contribution in [0, 0.1) is 6.92 Å². The Kier molecular flexibility index (Phi) is 4.15. The molecule has 0 saturated carbocycles. The molecule has 4 nitrogen and oxygen atoms in total. The molecule has 5 heteroatoms. The predicted molar refractivity (Wildman–Crippen MR) is 75.0 cm³/mol. The van der Waals surface area contributed by atoms with Crippen LogP contribution in [0.3, 0.4) is 0 Å². The zero-order valence-electron chi connectivity index (χ0n) is 10.6. The molecule has 96 valence electrons. The molecule has 0 radical (unpaired) electrons. The third-order valence-corrected chi connectivity index (χ3v) is 3.49. The van der Waals surface area contributed by atoms with Crippen molar-refractivity contribution >= 4 is 17.4 Å². The third-order valence-electron chi connectivity index (χ3n) is 2.44. The van der Waals surface area contributed by atoms with Gasteiger partial charge in [-0.25, -0.2) is 0 Å². The number of nitrogens with zero attached hydrogens (tertiary/aromatic N) is 2. The van der Waals surface area contributed by atoms with Crippen molar-refractivity contribution in [2.75, 3.05) is 18.1 Å². The first-order valence-corrected chi connectivity index (χ1v) is 6.75. The van der Waals surface area contributed by atoms with Crippen molar-refractivity contribution in [1.82, 2.24) is 9.78 Å². The molecule has 0 bridgehead atoms. The Hall–Kier alpha value is -1.62. The number of thioether (sulfide) groups is 1. The fourth-order valence-corrected chi connectivity index (χ4v) is 2.45. The van der Waals surface area contributed by atoms with Gasteiger partial charge in [-0.05, 0) is 37.3 Å². The molecule has 2 aromatic rings. The van der Waals surface area contributed by atoms with Crippen molar-refractivity contribution in [2.45, 2.75) is 11.9 Å². The Morgan fingerprint density at radius 2 is 2.06 bits per heavy atom. The van der Waals surface area contributed by atoms with Gasteiger partial charge in [-0.15, -0.1) is 11.8 Å². The topological polar surface area (TPSA) is 53.1 Å². The third kappa shape index (κ3) is 3.43. The molecule has 0 aliphatic heterocycles. The molecule has 18 heavy (non-hydrogen) atoms. The average molecular weight is 263 g/mol. The van der Waals surface area contributed by atoms with Gasteiger partial charge in [0.05, 0.1) is 17.3 Å². The van der Waals surface area contributed by atoms with E-state index in [1.54, 1.807) is 11.8 Å². The number of hydrogen-bond donors (Lipinski definition) is 1. The molecule has 0 fully saturated rings. The largest absolute Gasteiger partial charge is 0.493 e. The average Bonchev–Trinajstić information content (AvgIpc) is 2.66. The highest BCUT2D eigenvalue weighted by atomic mass is 32.2. The predicted octanol–water partition coefficient (Wildman–Crippen LogP) is 2.48. The molecule has 2 N–H and O–H groups in total. The van der Waals surface area contributed by atoms with Gasteiger partial charge < -0.3 is 10.5 Å². The highest BCUT2D eigenvalue weighted by Crippen LogP contribution is 2.19. The van der Waals surface area contributed by atoms with Gasteiger partial charge in [0.2, 0.25) is 0 Å². The molecule has 1 aromatic heterocycles. The summed E-state index contributed by atoms with van der Waals surface area (Å²) in [5.74, 6) is 1.74. The molecule has 0 aliphatic carbocycles. The Labute approximate surface area is 111 Å². The fraction of sp³-hybridized carbons (Fsp3) is 0.308. The van der Waals surface area contributed by atoms with Crippen LogP contribution in [0.25, 0.3) is 0 Å². The molecule has 0 unspecified atom stereocenters. The lowest BCUT2D eigenvalue weighted by molar-refractivity contribution is 0.344. The summed E-state index contributed by atoms with van der Waals surface area (Å²) in [4.78, 5) is 0. The lowest BCUT2D eigenvalue weighted by Crippen LogP contribution is -2.01. The van der Waals surface area contributed by atoms with Gasteiger partial charge in [-0.2, -0.15) is 5.10 Å². The molecule has 1 heterocycles. The quantitative estimate of drug-likeness (QED) is 0.511. The van der Waals surface area contributed by atoms with E-state index >= 15 is 0 Å². The van der Waals surface area contributed by atoms with Crippen LogP contribution in [0.2, 0.25) is 0 Å². The van der Waals surface area contributed by atoms with Gasteiger partial charge in [-0.3, -0.25) is 4.68 Å². The summed E-state index contributed by atoms with van der Waals surface area (Å²) in [6, 6.07) is 9.52. The molecular formula is C13H17N3OS. The summed E-state index contributed by atoms with van der Waals surface area (Å²) in [6.07, 6.45) is 0. The first-order valence-electron chi connectivity index (χ1n) is 5.77. The summed E-state index contributed by atoms with van der Waals surface area (Å²) in [5.41, 5.74) is 7.40. The fourth-order valence-electron chi connectivity index (χ4n) is 1.59. The zero-order chi connectivity index (χ0) is 13.0. The number of aromatic nitrogens is 2. The maximum Gasteiger partial charge on any atom is 0.119 e. The maximum absolute atomic E-state index is 5.62. The number of anilines is 1. The Morgan fingerprint density at radius 1 is 1.33 bits per heavy atom. The van der Waals surface area contributed by atoms with Crippen LogP contribution >= 0.6 is 11.8 Å². The monoisotopic (exact) mass is 263 g/mol. The van der Waals surface area contributed by atoms with E-state index in [4.69, 9.17) is 10.5 Å². The molecule has 0 amide bonds. The van der Waals surface area contributed by atoms with Crippen molar-refractivity contribution in [2.24, 2.45) is 7.05 Å². The summed E-state index contributed by atoms with van der Waals surface area (Å²) >= 11 is 1.74. The van der Waals surface area contributed by atoms with E-state index in [-0.39, 0.29) is 0 Å². The van der Waals surface area contributed by atoms with Crippen LogP contribution in [0.5, 0.6) is 5.75 Å². The molecule has 0 aliphatic rings. The second kappa shape index (κ2) is 5.82. The van der Waals surface area contributed by atoms with Crippen molar-refractivity contribution in [3.05, 3.63) is 36.0 Å². The zero-order valence-corrected chi connectivity index (χ0v) is 11.4. The highest BCUT2D eigenvalue weighted by molar-refractivity contribution is 7.99. The minimum Gasteiger partial charge on any atom is -0.493 e. The first kappa shape index (κ1) is 12.8. The lowest BCUT2D eigenvalue weighted by Gasteiger charge is -2.06. The van der Waals surface area contributed by atoms with Crippen molar-refractivity contribution in [1.29, 1.82) is 0 Å². The molecule has 0 saturated heterocycles. The van der Waals surface area contributed by atoms with Crippen LogP contribution in [0.15, 0.2) is 35.4 Å². The summed E-state index contributed by atoms with van der Waals surface area (Å²) in [5, 5.41) is 5.46. The van der Waals surface area contributed by atoms with Crippen LogP contribution < -0.4 is 10.5 Å². The number of benzene rings is 1. The van der Waals surface area contributed by atoms with Crippen LogP contribution in [-0.2, 0) is 7.05 Å². The van der Waals surface area contributed by atoms with Crippen LogP contribution in [0.1, 0.15) is 5.69 Å². The smallest absolute Gasteiger partial charge is 0.119 e. The van der Waals surface area contributed by atoms with Crippen LogP contribution in [0.4, 0.5) is 5.69 Å². The molecule has 2 rings (SSSR count). The van der Waals surface area contributed by atoms with E-state index in [2.05, 4.69) is 11.2 Å². The molecule has 0 atom stereocenters. The Balaban J connectivity index is 1.76. The maximum atomic E-state index is 5.62. The Morgan fingerprint density at radius 3 is 2.67 bits per heavy atom. The summed E-state index contributed by atoms with van der Waals surface area (Å²) in [6.45, 7) is 2.66. The molecule has 1 aromatic carbocycles. The van der Waals surface area contributed by atoms with E-state index in [0.29, 0.717) is 6.61 Å². The van der Waals surface area contributed by atoms with Gasteiger partial charge >= 0.3 is 0 Å². The van der Waals surface area contributed by atoms with E-state index < -0.39 is 0 Å². The van der Waals surface area contributed by atoms with Gasteiger partial charge in [0.1, 0.15) is 5.75 Å². The minimum absolute atomic E-state index is 0.665. The molecule has 0 spiro atoms. The number of rotatable bonds is 5. The van der Waals surface area contributed by atoms with E-state index in [1.165, 1.54) is 0 Å². The normalized spacial score (nSPS) is 10.6. The van der Waals surface area contributed by atoms with Gasteiger partial charge in [0, 0.05) is 18.5 Å². The number of aryl methyl sites for hydroxylation is 2. The van der Waals surface area contributed by atoms with E-state index in [0.717, 1.165) is 27.9 Å². The highest BCUT2D eigenvalue weighted by Gasteiger charge is 2.02. The number of ether oxygens (including phenoxy) is 1. The minimum atomic E-state index is 0.665. The second-order valence-corrected chi connectivity index (χ2v) is 5.13. The van der Waals surface area contributed by atoms with E-state index in [9.17, 15) is 0 Å². The van der Waals surface area contributed by atoms with Crippen molar-refractivity contribution in [3.63, 3.8) is 0 Å². The van der Waals surface area contributed by atoms with Gasteiger partial charge in [0.25, 0.3) is 0 Å². The number of nitrogens with two attached hydrogens (primary N) is 1. The van der Waals surface area contributed by atoms with E-state index in [1.807, 2.05) is 42.9 Å². The second-order valence-electron chi connectivity index (χ2n) is 4.01. The SMILES string of the molecule is Cc1cc(SCCOc2ccc(N)cc2)n(C)n1. The number of hydrogen-bond acceptors (Lipinski definition) is 4. The lowest BCUT2D eigenvalue weighted by atomic mass is 10.3. The van der Waals surface area contributed by atoms with Gasteiger partial charge in [-0.1, -0.05) is 0 Å². The van der Waals surface area contributed by atoms with Crippen LogP contribution in [-0.4, -0.2) is 22.1 Å². The summed E-state index contributed by atoms with van der Waals surface area (Å²) in [7, 11) is 1.95. The molecular weight excluding hydrogens is 246 g/mol. The number of nitrogen functional groups attached to an aromatic ring is 1. The van der Waals surface area contributed by atoms with Crippen molar-refractivity contribution < 1.29 is 4.74 Å². The first-order chi connectivity index (χ1) is 8.65. The Bertz CT molecular complexity index is 507. The van der Waals surface area contributed by atoms with Gasteiger partial charge in [0.15, 0.2) is 0 Å². The summed E-state index contributed by atoms with van der Waals surface area (Å²) < 4.78 is 7.52. The standard InChI is InChI=1S/C13H17N3OS/c1-10-9-13(16(2)15-10)18-8-7-17-12-5-3-11(14)4-6-12/h3-6,9H,7-8,14H2,1-2H3. The van der Waals surface area contributed by atoms with Crippen molar-refractivity contribution in [3.8, 4) is 5.75 Å².